The highest BCUT2D eigenvalue weighted by Crippen LogP contribution is 2.26. The van der Waals surface area contributed by atoms with E-state index in [-0.39, 0.29) is 18.9 Å². The van der Waals surface area contributed by atoms with Crippen LogP contribution in [-0.2, 0) is 13.2 Å². The normalized spacial score (nSPS) is 10.3. The topological polar surface area (TPSA) is 72.6 Å². The second kappa shape index (κ2) is 6.49. The zero-order valence-electron chi connectivity index (χ0n) is 10.5. The number of nitro groups is 1. The molecule has 0 radical (unpaired) electrons. The van der Waals surface area contributed by atoms with Gasteiger partial charge in [0.25, 0.3) is 5.69 Å². The lowest BCUT2D eigenvalue weighted by molar-refractivity contribution is -0.385. The van der Waals surface area contributed by atoms with Crippen LogP contribution in [0.2, 0.25) is 0 Å². The van der Waals surface area contributed by atoms with Crippen LogP contribution < -0.4 is 4.74 Å². The molecule has 2 rings (SSSR count). The van der Waals surface area contributed by atoms with Gasteiger partial charge in [0.15, 0.2) is 0 Å². The van der Waals surface area contributed by atoms with E-state index >= 15 is 0 Å². The van der Waals surface area contributed by atoms with Crippen molar-refractivity contribution in [2.75, 3.05) is 0 Å². The first-order valence-electron chi connectivity index (χ1n) is 5.86. The molecule has 0 aromatic heterocycles. The van der Waals surface area contributed by atoms with Crippen LogP contribution in [0.4, 0.5) is 5.69 Å². The molecule has 0 aliphatic carbocycles. The summed E-state index contributed by atoms with van der Waals surface area (Å²) in [6.07, 6.45) is 0. The molecule has 2 aromatic rings. The van der Waals surface area contributed by atoms with Gasteiger partial charge in [-0.2, -0.15) is 0 Å². The average Bonchev–Trinajstić information content (AvgIpc) is 2.46. The number of hydrogen-bond acceptors (Lipinski definition) is 4. The lowest BCUT2D eigenvalue weighted by atomic mass is 10.2. The fourth-order valence-corrected chi connectivity index (χ4v) is 2.11. The first kappa shape index (κ1) is 14.5. The van der Waals surface area contributed by atoms with Crippen molar-refractivity contribution < 1.29 is 14.8 Å². The Balaban J connectivity index is 2.21. The Kier molecular flexibility index (Phi) is 4.70. The van der Waals surface area contributed by atoms with Crippen LogP contribution in [0.5, 0.6) is 5.75 Å². The van der Waals surface area contributed by atoms with E-state index in [1.54, 1.807) is 36.4 Å². The number of rotatable bonds is 5. The van der Waals surface area contributed by atoms with Crippen molar-refractivity contribution in [1.82, 2.24) is 0 Å². The Morgan fingerprint density at radius 3 is 2.65 bits per heavy atom. The molecule has 0 saturated heterocycles. The molecule has 0 aliphatic heterocycles. The zero-order chi connectivity index (χ0) is 14.5. The van der Waals surface area contributed by atoms with Gasteiger partial charge in [-0.15, -0.1) is 0 Å². The lowest BCUT2D eigenvalue weighted by Crippen LogP contribution is -2.02. The van der Waals surface area contributed by atoms with Crippen molar-refractivity contribution in [2.45, 2.75) is 13.2 Å². The van der Waals surface area contributed by atoms with Crippen molar-refractivity contribution in [2.24, 2.45) is 0 Å². The third-order valence-corrected chi connectivity index (χ3v) is 3.26. The number of aliphatic hydroxyl groups excluding tert-OH is 1. The van der Waals surface area contributed by atoms with Crippen LogP contribution in [0.15, 0.2) is 46.9 Å². The Bertz CT molecular complexity index is 630. The van der Waals surface area contributed by atoms with Gasteiger partial charge in [0, 0.05) is 16.1 Å². The summed E-state index contributed by atoms with van der Waals surface area (Å²) in [7, 11) is 0. The number of benzene rings is 2. The monoisotopic (exact) mass is 337 g/mol. The van der Waals surface area contributed by atoms with Crippen molar-refractivity contribution in [3.8, 4) is 5.75 Å². The maximum absolute atomic E-state index is 11.0. The summed E-state index contributed by atoms with van der Waals surface area (Å²) < 4.78 is 6.21. The quantitative estimate of drug-likeness (QED) is 0.670. The second-order valence-electron chi connectivity index (χ2n) is 4.08. The van der Waals surface area contributed by atoms with Crippen molar-refractivity contribution >= 4 is 21.6 Å². The molecule has 6 heteroatoms. The number of hydrogen-bond donors (Lipinski definition) is 1. The maximum atomic E-state index is 11.0. The van der Waals surface area contributed by atoms with Gasteiger partial charge in [0.1, 0.15) is 12.4 Å². The largest absolute Gasteiger partial charge is 0.488 e. The highest BCUT2D eigenvalue weighted by atomic mass is 79.9. The molecule has 1 N–H and O–H groups in total. The SMILES string of the molecule is O=[N+]([O-])c1cc(Br)ccc1COc1ccccc1CO. The molecule has 20 heavy (non-hydrogen) atoms. The molecule has 0 spiro atoms. The molecule has 104 valence electrons. The van der Waals surface area contributed by atoms with Crippen molar-refractivity contribution in [3.05, 3.63) is 68.2 Å². The number of nitrogens with zero attached hydrogens (tertiary/aromatic N) is 1. The smallest absolute Gasteiger partial charge is 0.277 e. The maximum Gasteiger partial charge on any atom is 0.277 e. The Hall–Kier alpha value is -1.92. The van der Waals surface area contributed by atoms with Crippen LogP contribution in [0.3, 0.4) is 0 Å². The van der Waals surface area contributed by atoms with Gasteiger partial charge in [-0.3, -0.25) is 10.1 Å². The van der Waals surface area contributed by atoms with Crippen LogP contribution in [0.25, 0.3) is 0 Å². The van der Waals surface area contributed by atoms with Crippen LogP contribution in [0, 0.1) is 10.1 Å². The highest BCUT2D eigenvalue weighted by Gasteiger charge is 2.15. The molecule has 0 atom stereocenters. The fourth-order valence-electron chi connectivity index (χ4n) is 1.76. The molecule has 0 heterocycles. The third kappa shape index (κ3) is 3.34. The van der Waals surface area contributed by atoms with Gasteiger partial charge in [-0.1, -0.05) is 34.1 Å². The van der Waals surface area contributed by atoms with Gasteiger partial charge in [-0.25, -0.2) is 0 Å². The highest BCUT2D eigenvalue weighted by molar-refractivity contribution is 9.10. The summed E-state index contributed by atoms with van der Waals surface area (Å²) in [4.78, 5) is 10.6. The molecule has 0 saturated carbocycles. The molecule has 2 aromatic carbocycles. The van der Waals surface area contributed by atoms with Gasteiger partial charge >= 0.3 is 0 Å². The Morgan fingerprint density at radius 1 is 1.20 bits per heavy atom. The number of para-hydroxylation sites is 1. The molecule has 0 amide bonds. The first-order chi connectivity index (χ1) is 9.61. The van der Waals surface area contributed by atoms with E-state index in [4.69, 9.17) is 4.74 Å². The number of aliphatic hydroxyl groups is 1. The van der Waals surface area contributed by atoms with E-state index in [2.05, 4.69) is 15.9 Å². The molecule has 0 bridgehead atoms. The minimum absolute atomic E-state index is 0.000791. The summed E-state index contributed by atoms with van der Waals surface area (Å²) in [5.41, 5.74) is 1.12. The van der Waals surface area contributed by atoms with Crippen LogP contribution in [0.1, 0.15) is 11.1 Å². The number of halogens is 1. The minimum atomic E-state index is -0.443. The van der Waals surface area contributed by atoms with E-state index < -0.39 is 4.92 Å². The minimum Gasteiger partial charge on any atom is -0.488 e. The third-order valence-electron chi connectivity index (χ3n) is 2.77. The van der Waals surface area contributed by atoms with Crippen LogP contribution >= 0.6 is 15.9 Å². The summed E-state index contributed by atoms with van der Waals surface area (Å²) >= 11 is 3.21. The molecular formula is C14H12BrNO4. The summed E-state index contributed by atoms with van der Waals surface area (Å²) in [5.74, 6) is 0.521. The summed E-state index contributed by atoms with van der Waals surface area (Å²) in [6, 6.07) is 11.8. The first-order valence-corrected chi connectivity index (χ1v) is 6.65. The number of nitro benzene ring substituents is 1. The Morgan fingerprint density at radius 2 is 1.95 bits per heavy atom. The molecule has 0 unspecified atom stereocenters. The van der Waals surface area contributed by atoms with Crippen molar-refractivity contribution in [3.63, 3.8) is 0 Å². The molecule has 5 nitrogen and oxygen atoms in total. The van der Waals surface area contributed by atoms with Crippen molar-refractivity contribution in [1.29, 1.82) is 0 Å². The van der Waals surface area contributed by atoms with Gasteiger partial charge in [-0.05, 0) is 18.2 Å². The summed E-state index contributed by atoms with van der Waals surface area (Å²) in [6.45, 7) is -0.0702. The average molecular weight is 338 g/mol. The van der Waals surface area contributed by atoms with E-state index in [0.29, 0.717) is 21.3 Å². The van der Waals surface area contributed by atoms with E-state index in [0.717, 1.165) is 0 Å². The molecule has 0 aliphatic rings. The van der Waals surface area contributed by atoms with Gasteiger partial charge in [0.05, 0.1) is 17.1 Å². The van der Waals surface area contributed by atoms with Gasteiger partial charge < -0.3 is 9.84 Å². The standard InChI is InChI=1S/C14H12BrNO4/c15-12-6-5-11(13(7-12)16(18)19)9-20-14-4-2-1-3-10(14)8-17/h1-7,17H,8-9H2. The lowest BCUT2D eigenvalue weighted by Gasteiger charge is -2.10. The van der Waals surface area contributed by atoms with E-state index in [1.807, 2.05) is 0 Å². The zero-order valence-corrected chi connectivity index (χ0v) is 12.0. The molecular weight excluding hydrogens is 326 g/mol. The number of ether oxygens (including phenoxy) is 1. The second-order valence-corrected chi connectivity index (χ2v) is 5.00. The van der Waals surface area contributed by atoms with Crippen LogP contribution in [-0.4, -0.2) is 10.0 Å². The van der Waals surface area contributed by atoms with E-state index in [1.165, 1.54) is 6.07 Å². The predicted molar refractivity (Wildman–Crippen MR) is 77.5 cm³/mol. The van der Waals surface area contributed by atoms with E-state index in [9.17, 15) is 15.2 Å². The predicted octanol–water partition coefficient (Wildman–Crippen LogP) is 3.43. The van der Waals surface area contributed by atoms with Gasteiger partial charge in [0.2, 0.25) is 0 Å². The summed E-state index contributed by atoms with van der Waals surface area (Å²) in [5, 5.41) is 20.2. The Labute approximate surface area is 124 Å². The molecule has 0 fully saturated rings. The fraction of sp³-hybridized carbons (Fsp3) is 0.143.